The van der Waals surface area contributed by atoms with Gasteiger partial charge in [0.25, 0.3) is 11.1 Å². The van der Waals surface area contributed by atoms with E-state index in [1.807, 2.05) is 13.8 Å². The molecule has 36 heavy (non-hydrogen) atoms. The van der Waals surface area contributed by atoms with Gasteiger partial charge in [-0.1, -0.05) is 6.08 Å². The molecule has 8 heteroatoms. The summed E-state index contributed by atoms with van der Waals surface area (Å²) in [5.74, 6) is -0.210. The lowest BCUT2D eigenvalue weighted by molar-refractivity contribution is -0.127. The zero-order chi connectivity index (χ0) is 26.2. The molecule has 7 nitrogen and oxygen atoms in total. The first kappa shape index (κ1) is 25.6. The Morgan fingerprint density at radius 3 is 2.50 bits per heavy atom. The monoisotopic (exact) mass is 505 g/mol. The van der Waals surface area contributed by atoms with Gasteiger partial charge in [-0.05, 0) is 106 Å². The summed E-state index contributed by atoms with van der Waals surface area (Å²) >= 11 is 0.857. The van der Waals surface area contributed by atoms with E-state index in [1.165, 1.54) is 5.57 Å². The summed E-state index contributed by atoms with van der Waals surface area (Å²) < 4.78 is 5.40. The van der Waals surface area contributed by atoms with Crippen LogP contribution in [0.25, 0.3) is 11.6 Å². The molecule has 0 saturated carbocycles. The Morgan fingerprint density at radius 2 is 1.83 bits per heavy atom. The predicted molar refractivity (Wildman–Crippen MR) is 146 cm³/mol. The lowest BCUT2D eigenvalue weighted by Gasteiger charge is -2.41. The van der Waals surface area contributed by atoms with Crippen LogP contribution in [0.3, 0.4) is 0 Å². The average molecular weight is 506 g/mol. The number of allylic oxidation sites excluding steroid dienone is 1. The maximum absolute atomic E-state index is 13.0. The van der Waals surface area contributed by atoms with E-state index in [9.17, 15) is 14.4 Å². The van der Waals surface area contributed by atoms with Gasteiger partial charge < -0.3 is 15.0 Å². The van der Waals surface area contributed by atoms with Gasteiger partial charge in [-0.25, -0.2) is 0 Å². The second-order valence-electron chi connectivity index (χ2n) is 9.54. The Hall–Kier alpha value is -3.52. The van der Waals surface area contributed by atoms with Crippen LogP contribution in [-0.4, -0.2) is 47.7 Å². The predicted octanol–water partition coefficient (Wildman–Crippen LogP) is 5.70. The molecule has 0 atom stereocenters. The van der Waals surface area contributed by atoms with Crippen molar-refractivity contribution < 1.29 is 19.1 Å². The summed E-state index contributed by atoms with van der Waals surface area (Å²) in [5.41, 5.74) is 5.75. The fourth-order valence-corrected chi connectivity index (χ4v) is 5.23. The van der Waals surface area contributed by atoms with E-state index in [0.29, 0.717) is 22.9 Å². The summed E-state index contributed by atoms with van der Waals surface area (Å²) in [4.78, 5) is 41.7. The maximum Gasteiger partial charge on any atom is 0.294 e. The van der Waals surface area contributed by atoms with Gasteiger partial charge in [-0.2, -0.15) is 0 Å². The van der Waals surface area contributed by atoms with Gasteiger partial charge in [0.15, 0.2) is 0 Å². The van der Waals surface area contributed by atoms with Gasteiger partial charge in [0.05, 0.1) is 17.1 Å². The number of hydrogen-bond acceptors (Lipinski definition) is 6. The highest BCUT2D eigenvalue weighted by Gasteiger charge is 2.36. The largest absolute Gasteiger partial charge is 0.494 e. The van der Waals surface area contributed by atoms with E-state index in [2.05, 4.69) is 56.2 Å². The minimum Gasteiger partial charge on any atom is -0.494 e. The summed E-state index contributed by atoms with van der Waals surface area (Å²) in [7, 11) is 2.07. The number of nitrogens with one attached hydrogen (secondary N) is 1. The third-order valence-corrected chi connectivity index (χ3v) is 7.42. The highest BCUT2D eigenvalue weighted by atomic mass is 32.2. The molecule has 2 heterocycles. The van der Waals surface area contributed by atoms with Crippen LogP contribution >= 0.6 is 11.8 Å². The molecule has 0 unspecified atom stereocenters. The number of hydrogen-bond donors (Lipinski definition) is 1. The fourth-order valence-electron chi connectivity index (χ4n) is 4.40. The van der Waals surface area contributed by atoms with E-state index in [1.54, 1.807) is 30.3 Å². The van der Waals surface area contributed by atoms with Gasteiger partial charge in [-0.3, -0.25) is 19.3 Å². The first-order valence-electron chi connectivity index (χ1n) is 11.9. The maximum atomic E-state index is 13.0. The van der Waals surface area contributed by atoms with E-state index in [-0.39, 0.29) is 12.1 Å². The first-order chi connectivity index (χ1) is 17.0. The number of rotatable bonds is 6. The quantitative estimate of drug-likeness (QED) is 0.508. The molecule has 2 aliphatic heterocycles. The standard InChI is InChI=1S/C28H31N3O4S/c1-7-35-21-10-8-20(9-11-21)29-25(32)16-31-26(33)24(36-27(31)34)14-19-13-22-18(3)15-28(4,5)30(6)23(22)12-17(19)2/h8-15H,7,16H2,1-6H3,(H,29,32)/b24-14-. The third kappa shape index (κ3) is 5.04. The SMILES string of the molecule is CCOc1ccc(NC(=O)CN2C(=O)S/C(=C\c3cc4c(cc3C)N(C)C(C)(C)C=C4C)C2=O)cc1. The van der Waals surface area contributed by atoms with Crippen LogP contribution in [-0.2, 0) is 9.59 Å². The number of carbonyl (C=O) groups excluding carboxylic acids is 3. The molecule has 1 N–H and O–H groups in total. The molecule has 2 aliphatic rings. The van der Waals surface area contributed by atoms with E-state index < -0.39 is 17.1 Å². The zero-order valence-corrected chi connectivity index (χ0v) is 22.3. The van der Waals surface area contributed by atoms with E-state index in [0.717, 1.165) is 39.0 Å². The van der Waals surface area contributed by atoms with Crippen LogP contribution in [0, 0.1) is 6.92 Å². The molecule has 1 saturated heterocycles. The average Bonchev–Trinajstić information content (AvgIpc) is 3.07. The van der Waals surface area contributed by atoms with E-state index >= 15 is 0 Å². The molecule has 0 radical (unpaired) electrons. The van der Waals surface area contributed by atoms with Crippen molar-refractivity contribution in [3.8, 4) is 5.75 Å². The number of imide groups is 1. The van der Waals surface area contributed by atoms with Crippen molar-refractivity contribution in [1.82, 2.24) is 4.90 Å². The van der Waals surface area contributed by atoms with Crippen molar-refractivity contribution in [2.24, 2.45) is 0 Å². The van der Waals surface area contributed by atoms with Crippen molar-refractivity contribution >= 4 is 51.8 Å². The van der Waals surface area contributed by atoms with Crippen LogP contribution in [0.1, 0.15) is 44.4 Å². The molecule has 0 aliphatic carbocycles. The van der Waals surface area contributed by atoms with Crippen LogP contribution < -0.4 is 15.0 Å². The van der Waals surface area contributed by atoms with Gasteiger partial charge in [0, 0.05) is 24.0 Å². The molecule has 0 aromatic heterocycles. The summed E-state index contributed by atoms with van der Waals surface area (Å²) in [6.07, 6.45) is 3.98. The molecular formula is C28H31N3O4S. The molecule has 0 bridgehead atoms. The van der Waals surface area contributed by atoms with Crippen LogP contribution in [0.15, 0.2) is 47.4 Å². The van der Waals surface area contributed by atoms with Gasteiger partial charge in [-0.15, -0.1) is 0 Å². The van der Waals surface area contributed by atoms with Crippen LogP contribution in [0.4, 0.5) is 16.2 Å². The highest BCUT2D eigenvalue weighted by molar-refractivity contribution is 8.18. The number of thioether (sulfide) groups is 1. The zero-order valence-electron chi connectivity index (χ0n) is 21.5. The Bertz CT molecular complexity index is 1290. The third-order valence-electron chi connectivity index (χ3n) is 6.52. The number of likely N-dealkylation sites (N-methyl/N-ethyl adjacent to an activating group) is 1. The second kappa shape index (κ2) is 9.85. The Labute approximate surface area is 216 Å². The van der Waals surface area contributed by atoms with Crippen molar-refractivity contribution in [2.45, 2.75) is 40.2 Å². The van der Waals surface area contributed by atoms with Crippen molar-refractivity contribution in [1.29, 1.82) is 0 Å². The van der Waals surface area contributed by atoms with E-state index in [4.69, 9.17) is 4.74 Å². The summed E-state index contributed by atoms with van der Waals surface area (Å²) in [6.45, 7) is 10.5. The number of carbonyl (C=O) groups is 3. The minimum atomic E-state index is -0.463. The van der Waals surface area contributed by atoms with Crippen molar-refractivity contribution in [3.63, 3.8) is 0 Å². The normalized spacial score (nSPS) is 17.8. The first-order valence-corrected chi connectivity index (χ1v) is 12.7. The molecule has 4 rings (SSSR count). The molecule has 188 valence electrons. The lowest BCUT2D eigenvalue weighted by atomic mass is 9.87. The van der Waals surface area contributed by atoms with Crippen LogP contribution in [0.5, 0.6) is 5.75 Å². The lowest BCUT2D eigenvalue weighted by Crippen LogP contribution is -2.42. The molecule has 3 amide bonds. The summed E-state index contributed by atoms with van der Waals surface area (Å²) in [6, 6.07) is 11.1. The number of nitrogens with zero attached hydrogens (tertiary/aromatic N) is 2. The molecule has 1 fully saturated rings. The molecule has 2 aromatic carbocycles. The number of amides is 3. The summed E-state index contributed by atoms with van der Waals surface area (Å²) in [5, 5.41) is 2.27. The Morgan fingerprint density at radius 1 is 1.14 bits per heavy atom. The van der Waals surface area contributed by atoms with Crippen LogP contribution in [0.2, 0.25) is 0 Å². The molecule has 0 spiro atoms. The molecule has 2 aromatic rings. The van der Waals surface area contributed by atoms with Crippen molar-refractivity contribution in [2.75, 3.05) is 30.4 Å². The topological polar surface area (TPSA) is 79.0 Å². The number of aryl methyl sites for hydroxylation is 1. The number of ether oxygens (including phenoxy) is 1. The van der Waals surface area contributed by atoms with Gasteiger partial charge in [0.2, 0.25) is 5.91 Å². The number of fused-ring (bicyclic) bond motifs is 1. The Kier molecular flexibility index (Phi) is 7.00. The smallest absolute Gasteiger partial charge is 0.294 e. The highest BCUT2D eigenvalue weighted by Crippen LogP contribution is 2.40. The number of benzene rings is 2. The second-order valence-corrected chi connectivity index (χ2v) is 10.5. The number of anilines is 2. The Balaban J connectivity index is 1.50. The minimum absolute atomic E-state index is 0.0976. The molecular weight excluding hydrogens is 474 g/mol. The van der Waals surface area contributed by atoms with Gasteiger partial charge >= 0.3 is 0 Å². The fraction of sp³-hybridized carbons (Fsp3) is 0.321. The van der Waals surface area contributed by atoms with Gasteiger partial charge in [0.1, 0.15) is 12.3 Å². The van der Waals surface area contributed by atoms with Crippen molar-refractivity contribution in [3.05, 3.63) is 64.1 Å².